The summed E-state index contributed by atoms with van der Waals surface area (Å²) in [4.78, 5) is 15.0. The van der Waals surface area contributed by atoms with Gasteiger partial charge in [0.05, 0.1) is 10.6 Å². The normalized spacial score (nSPS) is 15.7. The van der Waals surface area contributed by atoms with E-state index in [0.717, 1.165) is 18.2 Å². The molecule has 1 amide bonds. The number of hydrogen-bond acceptors (Lipinski definition) is 3. The van der Waals surface area contributed by atoms with E-state index < -0.39 is 0 Å². The van der Waals surface area contributed by atoms with Gasteiger partial charge in [-0.3, -0.25) is 4.79 Å². The Kier molecular flexibility index (Phi) is 7.49. The number of nitrogens with one attached hydrogen (secondary N) is 2. The van der Waals surface area contributed by atoms with Crippen molar-refractivity contribution in [2.75, 3.05) is 25.0 Å². The van der Waals surface area contributed by atoms with Crippen molar-refractivity contribution in [2.45, 2.75) is 39.3 Å². The molecule has 0 atom stereocenters. The lowest BCUT2D eigenvalue weighted by atomic mass is 10.0. The van der Waals surface area contributed by atoms with Gasteiger partial charge in [0.25, 0.3) is 5.91 Å². The Morgan fingerprint density at radius 1 is 1.14 bits per heavy atom. The molecule has 150 valence electrons. The summed E-state index contributed by atoms with van der Waals surface area (Å²) in [6, 6.07) is 15.6. The molecule has 0 saturated carbocycles. The molecule has 1 heterocycles. The van der Waals surface area contributed by atoms with Crippen LogP contribution in [0.15, 0.2) is 48.5 Å². The van der Waals surface area contributed by atoms with Gasteiger partial charge >= 0.3 is 0 Å². The summed E-state index contributed by atoms with van der Waals surface area (Å²) in [5.41, 5.74) is 2.44. The van der Waals surface area contributed by atoms with Gasteiger partial charge in [-0.05, 0) is 61.7 Å². The predicted molar refractivity (Wildman–Crippen MR) is 117 cm³/mol. The first-order chi connectivity index (χ1) is 13.5. The number of carbonyl (C=O) groups is 1. The van der Waals surface area contributed by atoms with Crippen molar-refractivity contribution in [2.24, 2.45) is 5.92 Å². The molecule has 2 aromatic carbocycles. The number of rotatable bonds is 7. The van der Waals surface area contributed by atoms with Crippen LogP contribution in [-0.4, -0.2) is 36.5 Å². The van der Waals surface area contributed by atoms with Gasteiger partial charge in [-0.25, -0.2) is 0 Å². The first kappa shape index (κ1) is 20.8. The van der Waals surface area contributed by atoms with Crippen molar-refractivity contribution < 1.29 is 4.79 Å². The second-order valence-electron chi connectivity index (χ2n) is 7.98. The number of nitrogens with zero attached hydrogens (tertiary/aromatic N) is 1. The molecule has 1 saturated heterocycles. The van der Waals surface area contributed by atoms with Crippen LogP contribution in [0.4, 0.5) is 5.69 Å². The molecule has 0 aliphatic carbocycles. The Hall–Kier alpha value is -1.88. The maximum Gasteiger partial charge on any atom is 0.257 e. The molecule has 0 unspecified atom stereocenters. The number of carbonyl (C=O) groups excluding carboxylic acids is 1. The summed E-state index contributed by atoms with van der Waals surface area (Å²) in [5, 5.41) is 7.08. The highest BCUT2D eigenvalue weighted by Gasteiger charge is 2.19. The molecule has 28 heavy (non-hydrogen) atoms. The number of benzene rings is 2. The lowest BCUT2D eigenvalue weighted by Gasteiger charge is -2.33. The van der Waals surface area contributed by atoms with E-state index in [4.69, 9.17) is 11.6 Å². The first-order valence-electron chi connectivity index (χ1n) is 10.1. The van der Waals surface area contributed by atoms with Gasteiger partial charge in [-0.15, -0.1) is 0 Å². The molecule has 5 heteroatoms. The third-order valence-electron chi connectivity index (χ3n) is 5.11. The van der Waals surface area contributed by atoms with E-state index in [1.165, 1.54) is 38.0 Å². The number of likely N-dealkylation sites (tertiary alicyclic amines) is 1. The highest BCUT2D eigenvalue weighted by molar-refractivity contribution is 6.34. The highest BCUT2D eigenvalue weighted by Crippen LogP contribution is 2.18. The lowest BCUT2D eigenvalue weighted by molar-refractivity contribution is 0.102. The Bertz CT molecular complexity index is 785. The van der Waals surface area contributed by atoms with Crippen LogP contribution in [0.3, 0.4) is 0 Å². The number of hydrogen-bond donors (Lipinski definition) is 2. The molecule has 4 nitrogen and oxygen atoms in total. The van der Waals surface area contributed by atoms with Crippen LogP contribution in [0.5, 0.6) is 0 Å². The molecule has 1 aliphatic heterocycles. The Morgan fingerprint density at radius 3 is 2.61 bits per heavy atom. The topological polar surface area (TPSA) is 44.4 Å². The molecule has 2 aromatic rings. The molecular formula is C23H30ClN3O. The van der Waals surface area contributed by atoms with E-state index in [2.05, 4.69) is 35.4 Å². The zero-order valence-corrected chi connectivity index (χ0v) is 17.5. The molecule has 1 aliphatic rings. The zero-order valence-electron chi connectivity index (χ0n) is 16.7. The Balaban J connectivity index is 1.50. The van der Waals surface area contributed by atoms with Crippen LogP contribution < -0.4 is 10.6 Å². The van der Waals surface area contributed by atoms with Gasteiger partial charge in [0.2, 0.25) is 0 Å². The average molecular weight is 400 g/mol. The molecule has 0 bridgehead atoms. The molecular weight excluding hydrogens is 370 g/mol. The van der Waals surface area contributed by atoms with E-state index in [9.17, 15) is 4.79 Å². The quantitative estimate of drug-likeness (QED) is 0.702. The fourth-order valence-electron chi connectivity index (χ4n) is 3.70. The number of halogens is 1. The minimum absolute atomic E-state index is 0.187. The fourth-order valence-corrected chi connectivity index (χ4v) is 3.92. The second kappa shape index (κ2) is 10.1. The molecule has 0 aromatic heterocycles. The minimum atomic E-state index is -0.187. The van der Waals surface area contributed by atoms with Crippen LogP contribution in [0.2, 0.25) is 5.02 Å². The van der Waals surface area contributed by atoms with Crippen LogP contribution in [0.25, 0.3) is 0 Å². The zero-order chi connectivity index (χ0) is 19.9. The number of anilines is 1. The van der Waals surface area contributed by atoms with E-state index in [1.807, 2.05) is 30.3 Å². The maximum absolute atomic E-state index is 12.4. The van der Waals surface area contributed by atoms with Crippen molar-refractivity contribution in [3.63, 3.8) is 0 Å². The molecule has 0 radical (unpaired) electrons. The molecule has 1 fully saturated rings. The molecule has 3 rings (SSSR count). The van der Waals surface area contributed by atoms with E-state index in [-0.39, 0.29) is 5.91 Å². The predicted octanol–water partition coefficient (Wildman–Crippen LogP) is 4.80. The Morgan fingerprint density at radius 2 is 1.89 bits per heavy atom. The van der Waals surface area contributed by atoms with E-state index in [1.54, 1.807) is 12.1 Å². The summed E-state index contributed by atoms with van der Waals surface area (Å²) < 4.78 is 0. The van der Waals surface area contributed by atoms with Crippen LogP contribution in [-0.2, 0) is 6.54 Å². The number of amides is 1. The fraction of sp³-hybridized carbons (Fsp3) is 0.435. The van der Waals surface area contributed by atoms with Gasteiger partial charge in [-0.1, -0.05) is 49.7 Å². The molecule has 0 spiro atoms. The summed E-state index contributed by atoms with van der Waals surface area (Å²) in [6.07, 6.45) is 2.38. The third kappa shape index (κ3) is 6.06. The SMILES string of the molecule is CC(C)CN1CCC(NCc2cccc(NC(=O)c3ccccc3Cl)c2)CC1. The van der Waals surface area contributed by atoms with Crippen LogP contribution in [0.1, 0.15) is 42.6 Å². The van der Waals surface area contributed by atoms with Crippen molar-refractivity contribution >= 4 is 23.2 Å². The first-order valence-corrected chi connectivity index (χ1v) is 10.5. The number of piperidine rings is 1. The van der Waals surface area contributed by atoms with Crippen molar-refractivity contribution in [1.82, 2.24) is 10.2 Å². The van der Waals surface area contributed by atoms with Gasteiger partial charge < -0.3 is 15.5 Å². The summed E-state index contributed by atoms with van der Waals surface area (Å²) in [7, 11) is 0. The minimum Gasteiger partial charge on any atom is -0.322 e. The van der Waals surface area contributed by atoms with Gasteiger partial charge in [0.15, 0.2) is 0 Å². The van der Waals surface area contributed by atoms with Crippen molar-refractivity contribution in [3.05, 3.63) is 64.7 Å². The summed E-state index contributed by atoms with van der Waals surface area (Å²) in [6.45, 7) is 8.90. The third-order valence-corrected chi connectivity index (χ3v) is 5.44. The average Bonchev–Trinajstić information content (AvgIpc) is 2.67. The monoisotopic (exact) mass is 399 g/mol. The standard InChI is InChI=1S/C23H30ClN3O/c1-17(2)16-27-12-10-19(11-13-27)25-15-18-6-5-7-20(14-18)26-23(28)21-8-3-4-9-22(21)24/h3-9,14,17,19,25H,10-13,15-16H2,1-2H3,(H,26,28). The maximum atomic E-state index is 12.4. The smallest absolute Gasteiger partial charge is 0.257 e. The van der Waals surface area contributed by atoms with E-state index >= 15 is 0 Å². The summed E-state index contributed by atoms with van der Waals surface area (Å²) >= 11 is 6.12. The van der Waals surface area contributed by atoms with E-state index in [0.29, 0.717) is 16.6 Å². The van der Waals surface area contributed by atoms with Gasteiger partial charge in [0, 0.05) is 24.8 Å². The summed E-state index contributed by atoms with van der Waals surface area (Å²) in [5.74, 6) is 0.543. The van der Waals surface area contributed by atoms with Gasteiger partial charge in [-0.2, -0.15) is 0 Å². The second-order valence-corrected chi connectivity index (χ2v) is 8.39. The lowest BCUT2D eigenvalue weighted by Crippen LogP contribution is -2.43. The highest BCUT2D eigenvalue weighted by atomic mass is 35.5. The van der Waals surface area contributed by atoms with Crippen molar-refractivity contribution in [3.8, 4) is 0 Å². The van der Waals surface area contributed by atoms with Crippen molar-refractivity contribution in [1.29, 1.82) is 0 Å². The van der Waals surface area contributed by atoms with Gasteiger partial charge in [0.1, 0.15) is 0 Å². The van der Waals surface area contributed by atoms with Crippen LogP contribution in [0, 0.1) is 5.92 Å². The van der Waals surface area contributed by atoms with Crippen LogP contribution >= 0.6 is 11.6 Å². The largest absolute Gasteiger partial charge is 0.322 e. The Labute approximate surface area is 173 Å². The molecule has 2 N–H and O–H groups in total.